The van der Waals surface area contributed by atoms with Crippen LogP contribution in [0.3, 0.4) is 0 Å². The van der Waals surface area contributed by atoms with Crippen LogP contribution < -0.4 is 9.80 Å². The van der Waals surface area contributed by atoms with E-state index in [4.69, 9.17) is 4.42 Å². The van der Waals surface area contributed by atoms with Gasteiger partial charge in [-0.05, 0) is 245 Å². The van der Waals surface area contributed by atoms with Crippen molar-refractivity contribution in [2.24, 2.45) is 0 Å². The number of benzene rings is 19. The summed E-state index contributed by atoms with van der Waals surface area (Å²) in [5.41, 5.74) is 26.0. The number of hydrogen-bond acceptors (Lipinski definition) is 4. The lowest BCUT2D eigenvalue weighted by atomic mass is 9.90. The molecule has 0 aliphatic heterocycles. The standard InChI is InChI=1S/C112H72N4OS/c1-2-19-77-63-82(36-35-71(77)17-1)74-41-51-85(52-42-74)113(90-55-57-98-97-29-10-13-33-108(97)117-109(98)69-90)84-47-37-73(38-48-84)79-23-16-25-89(65-79)116-105-61-46-83(67-102(105)103-66-80-20-3-4-21-81(80)68-107(103)116)93-60-59-92(95-27-7-8-28-96(93)95)76-43-53-87(54-44-76)114(91-56-58-100-99-30-11-14-34-110(99)118-111(100)70-91)86-49-39-72(40-50-86)78-22-15-24-88(64-78)115-104-32-12-9-31-101(104)112-94-26-6-5-18-75(94)45-62-106(112)115/h1-63,65-70,78H,64H2. The van der Waals surface area contributed by atoms with Crippen molar-refractivity contribution in [2.75, 3.05) is 9.80 Å². The first-order valence-corrected chi connectivity index (χ1v) is 41.5. The Bertz CT molecular complexity index is 8090. The van der Waals surface area contributed by atoms with Crippen molar-refractivity contribution in [3.63, 3.8) is 0 Å². The Morgan fingerprint density at radius 3 is 1.52 bits per heavy atom. The maximum atomic E-state index is 6.52. The Morgan fingerprint density at radius 1 is 0.271 bits per heavy atom. The second-order valence-electron chi connectivity index (χ2n) is 31.4. The van der Waals surface area contributed by atoms with Crippen LogP contribution in [0.2, 0.25) is 0 Å². The van der Waals surface area contributed by atoms with E-state index in [-0.39, 0.29) is 5.92 Å². The van der Waals surface area contributed by atoms with Crippen LogP contribution in [0.5, 0.6) is 0 Å². The normalized spacial score (nSPS) is 13.2. The number of fused-ring (bicyclic) bond motifs is 17. The van der Waals surface area contributed by atoms with Gasteiger partial charge in [-0.1, -0.05) is 267 Å². The van der Waals surface area contributed by atoms with Gasteiger partial charge in [0.15, 0.2) is 0 Å². The number of para-hydroxylation sites is 2. The number of hydrogen-bond donors (Lipinski definition) is 0. The lowest BCUT2D eigenvalue weighted by molar-refractivity contribution is 0.669. The van der Waals surface area contributed by atoms with Crippen molar-refractivity contribution >= 4 is 180 Å². The van der Waals surface area contributed by atoms with Crippen molar-refractivity contribution < 1.29 is 4.42 Å². The molecule has 24 rings (SSSR count). The molecule has 19 aromatic carbocycles. The fourth-order valence-electron chi connectivity index (χ4n) is 19.1. The first kappa shape index (κ1) is 67.4. The van der Waals surface area contributed by atoms with E-state index in [0.717, 1.165) is 95.9 Å². The predicted octanol–water partition coefficient (Wildman–Crippen LogP) is 32.0. The van der Waals surface area contributed by atoms with E-state index in [1.807, 2.05) is 23.5 Å². The van der Waals surface area contributed by atoms with Gasteiger partial charge in [-0.15, -0.1) is 11.3 Å². The molecule has 0 N–H and O–H groups in total. The van der Waals surface area contributed by atoms with Crippen molar-refractivity contribution in [1.29, 1.82) is 0 Å². The highest BCUT2D eigenvalue weighted by molar-refractivity contribution is 7.25. The Hall–Kier alpha value is -15.1. The minimum atomic E-state index is 0.199. The Labute approximate surface area is 685 Å². The molecular weight excluding hydrogens is 1450 g/mol. The Kier molecular flexibility index (Phi) is 15.6. The fourth-order valence-corrected chi connectivity index (χ4v) is 20.3. The lowest BCUT2D eigenvalue weighted by Crippen LogP contribution is -2.10. The zero-order valence-corrected chi connectivity index (χ0v) is 65.0. The highest BCUT2D eigenvalue weighted by Crippen LogP contribution is 2.48. The van der Waals surface area contributed by atoms with Crippen LogP contribution in [0.25, 0.3) is 185 Å². The minimum absolute atomic E-state index is 0.199. The number of rotatable bonds is 13. The van der Waals surface area contributed by atoms with E-state index in [2.05, 4.69) is 425 Å². The molecule has 4 heterocycles. The van der Waals surface area contributed by atoms with E-state index in [1.54, 1.807) is 0 Å². The smallest absolute Gasteiger partial charge is 0.137 e. The lowest BCUT2D eigenvalue weighted by Gasteiger charge is -2.27. The molecule has 1 atom stereocenters. The van der Waals surface area contributed by atoms with E-state index in [9.17, 15) is 0 Å². The summed E-state index contributed by atoms with van der Waals surface area (Å²) in [5, 5.41) is 19.7. The maximum absolute atomic E-state index is 6.52. The summed E-state index contributed by atoms with van der Waals surface area (Å²) in [6.45, 7) is 0. The maximum Gasteiger partial charge on any atom is 0.137 e. The molecule has 0 bridgehead atoms. The van der Waals surface area contributed by atoms with Crippen LogP contribution in [-0.4, -0.2) is 9.13 Å². The number of nitrogens with zero attached hydrogens (tertiary/aromatic N) is 4. The summed E-state index contributed by atoms with van der Waals surface area (Å²) < 4.78 is 14.1. The molecule has 552 valence electrons. The molecule has 118 heavy (non-hydrogen) atoms. The third kappa shape index (κ3) is 11.2. The van der Waals surface area contributed by atoms with E-state index >= 15 is 0 Å². The molecule has 6 heteroatoms. The van der Waals surface area contributed by atoms with Crippen molar-refractivity contribution in [1.82, 2.24) is 9.13 Å². The second kappa shape index (κ2) is 27.3. The van der Waals surface area contributed by atoms with Crippen LogP contribution in [-0.2, 0) is 0 Å². The predicted molar refractivity (Wildman–Crippen MR) is 502 cm³/mol. The molecule has 0 saturated carbocycles. The van der Waals surface area contributed by atoms with E-state index < -0.39 is 0 Å². The van der Waals surface area contributed by atoms with E-state index in [0.29, 0.717) is 0 Å². The summed E-state index contributed by atoms with van der Waals surface area (Å²) in [5.74, 6) is 0.199. The first-order valence-electron chi connectivity index (χ1n) is 40.7. The highest BCUT2D eigenvalue weighted by Gasteiger charge is 2.25. The quantitative estimate of drug-likeness (QED) is 0.115. The van der Waals surface area contributed by atoms with Gasteiger partial charge in [-0.3, -0.25) is 0 Å². The summed E-state index contributed by atoms with van der Waals surface area (Å²) in [4.78, 5) is 4.77. The van der Waals surface area contributed by atoms with Crippen molar-refractivity contribution in [2.45, 2.75) is 12.3 Å². The molecule has 0 saturated heterocycles. The number of thiophene rings is 1. The van der Waals surface area contributed by atoms with Gasteiger partial charge in [0.1, 0.15) is 11.2 Å². The average molecular weight is 1520 g/mol. The van der Waals surface area contributed by atoms with Crippen molar-refractivity contribution in [3.05, 3.63) is 424 Å². The number of anilines is 6. The highest BCUT2D eigenvalue weighted by atomic mass is 32.1. The van der Waals surface area contributed by atoms with Gasteiger partial charge in [0, 0.05) is 110 Å². The second-order valence-corrected chi connectivity index (χ2v) is 32.5. The van der Waals surface area contributed by atoms with Gasteiger partial charge in [0.2, 0.25) is 0 Å². The number of aromatic nitrogens is 2. The summed E-state index contributed by atoms with van der Waals surface area (Å²) in [7, 11) is 0. The van der Waals surface area contributed by atoms with Gasteiger partial charge in [-0.25, -0.2) is 0 Å². The van der Waals surface area contributed by atoms with Gasteiger partial charge in [-0.2, -0.15) is 0 Å². The molecule has 1 aliphatic rings. The van der Waals surface area contributed by atoms with Crippen LogP contribution in [0.1, 0.15) is 17.9 Å². The molecule has 0 fully saturated rings. The third-order valence-corrected chi connectivity index (χ3v) is 25.9. The summed E-state index contributed by atoms with van der Waals surface area (Å²) in [6.07, 6.45) is 7.83. The van der Waals surface area contributed by atoms with Gasteiger partial charge < -0.3 is 23.4 Å². The van der Waals surface area contributed by atoms with Crippen LogP contribution in [0.15, 0.2) is 423 Å². The molecule has 1 aliphatic carbocycles. The molecule has 0 amide bonds. The Balaban J connectivity index is 0.552. The monoisotopic (exact) mass is 1520 g/mol. The summed E-state index contributed by atoms with van der Waals surface area (Å²) >= 11 is 1.86. The molecule has 5 nitrogen and oxygen atoms in total. The average Bonchev–Trinajstić information content (AvgIpc) is 1.60. The third-order valence-electron chi connectivity index (χ3n) is 24.8. The molecule has 0 spiro atoms. The van der Waals surface area contributed by atoms with Crippen LogP contribution in [0.4, 0.5) is 34.1 Å². The van der Waals surface area contributed by atoms with Crippen LogP contribution >= 0.6 is 11.3 Å². The largest absolute Gasteiger partial charge is 0.456 e. The minimum Gasteiger partial charge on any atom is -0.456 e. The molecule has 23 aromatic rings. The Morgan fingerprint density at radius 2 is 0.780 bits per heavy atom. The fraction of sp³-hybridized carbons (Fsp3) is 0.0179. The SMILES string of the molecule is C1=CC(c2ccc(N(c3ccc(-c4ccc(-c5ccc6c(c5)c5cc7ccccc7cc5n6-c5cccc(-c6ccc(N(c7ccc(-c8ccc9ccccc9c8)cc7)c7ccc8c(c7)oc7ccccc78)cc6)c5)c5ccccc45)cc3)c3ccc4c(c3)sc3ccccc34)cc2)CC(n2c3ccccc3c3c4ccccc4ccc32)=C1. The summed E-state index contributed by atoms with van der Waals surface area (Å²) in [6, 6.07) is 148. The number of allylic oxidation sites excluding steroid dienone is 4. The van der Waals surface area contributed by atoms with Crippen molar-refractivity contribution in [3.8, 4) is 50.2 Å². The molecular formula is C112H72N4OS. The van der Waals surface area contributed by atoms with Gasteiger partial charge in [0.05, 0.1) is 22.1 Å². The zero-order valence-electron chi connectivity index (χ0n) is 64.2. The number of furan rings is 1. The molecule has 1 unspecified atom stereocenters. The van der Waals surface area contributed by atoms with Crippen LogP contribution in [0, 0.1) is 0 Å². The van der Waals surface area contributed by atoms with Gasteiger partial charge >= 0.3 is 0 Å². The van der Waals surface area contributed by atoms with E-state index in [1.165, 1.54) is 135 Å². The first-order chi connectivity index (χ1) is 58.4. The molecule has 0 radical (unpaired) electrons. The topological polar surface area (TPSA) is 29.5 Å². The zero-order chi connectivity index (χ0) is 77.5. The van der Waals surface area contributed by atoms with Gasteiger partial charge in [0.25, 0.3) is 0 Å². The molecule has 4 aromatic heterocycles.